The predicted octanol–water partition coefficient (Wildman–Crippen LogP) is 0.668. The van der Waals surface area contributed by atoms with Crippen molar-refractivity contribution in [2.24, 2.45) is 10.9 Å². The summed E-state index contributed by atoms with van der Waals surface area (Å²) in [5, 5.41) is 8.83. The smallest absolute Gasteiger partial charge is 0.318 e. The van der Waals surface area contributed by atoms with E-state index in [0.29, 0.717) is 5.69 Å². The molecule has 16 heavy (non-hydrogen) atoms. The van der Waals surface area contributed by atoms with Crippen LogP contribution in [0.2, 0.25) is 0 Å². The van der Waals surface area contributed by atoms with E-state index in [-0.39, 0.29) is 5.71 Å². The summed E-state index contributed by atoms with van der Waals surface area (Å²) in [5.41, 5.74) is 0.485. The minimum atomic E-state index is -1.18. The Morgan fingerprint density at radius 2 is 2.19 bits per heavy atom. The number of carbonyl (C=O) groups excluding carboxylic acids is 1. The third-order valence-corrected chi connectivity index (χ3v) is 2.17. The maximum atomic E-state index is 11.8. The fraction of sp³-hybridized carbons (Fsp3) is 0.0909. The van der Waals surface area contributed by atoms with Crippen LogP contribution in [0.1, 0.15) is 5.69 Å². The highest BCUT2D eigenvalue weighted by Gasteiger charge is 2.30. The molecule has 1 aromatic heterocycles. The maximum Gasteiger partial charge on any atom is 0.318 e. The van der Waals surface area contributed by atoms with Crippen LogP contribution in [0.5, 0.6) is 0 Å². The highest BCUT2D eigenvalue weighted by molar-refractivity contribution is 6.49. The Balaban J connectivity index is 2.37. The zero-order valence-corrected chi connectivity index (χ0v) is 8.20. The molecule has 1 atom stereocenters. The van der Waals surface area contributed by atoms with E-state index < -0.39 is 17.7 Å². The minimum Gasteiger partial charge on any atom is -0.480 e. The molecule has 1 unspecified atom stereocenters. The van der Waals surface area contributed by atoms with Crippen molar-refractivity contribution < 1.29 is 14.7 Å². The molecule has 5 heteroatoms. The van der Waals surface area contributed by atoms with Crippen LogP contribution in [-0.4, -0.2) is 27.6 Å². The first-order valence-electron chi connectivity index (χ1n) is 4.63. The van der Waals surface area contributed by atoms with Crippen molar-refractivity contribution in [3.63, 3.8) is 0 Å². The summed E-state index contributed by atoms with van der Waals surface area (Å²) in [6.07, 6.45) is 4.11. The number of pyridine rings is 1. The predicted molar refractivity (Wildman–Crippen MR) is 56.0 cm³/mol. The topological polar surface area (TPSA) is 79.6 Å². The lowest BCUT2D eigenvalue weighted by Crippen LogP contribution is -2.31. The second kappa shape index (κ2) is 4.06. The number of ketones is 1. The lowest BCUT2D eigenvalue weighted by Gasteiger charge is -2.11. The molecule has 2 rings (SSSR count). The first-order chi connectivity index (χ1) is 7.70. The van der Waals surface area contributed by atoms with Crippen molar-refractivity contribution in [3.8, 4) is 0 Å². The number of hydrogen-bond acceptors (Lipinski definition) is 4. The van der Waals surface area contributed by atoms with Gasteiger partial charge in [0.25, 0.3) is 0 Å². The van der Waals surface area contributed by atoms with Gasteiger partial charge in [-0.05, 0) is 18.2 Å². The monoisotopic (exact) mass is 216 g/mol. The summed E-state index contributed by atoms with van der Waals surface area (Å²) in [7, 11) is 0. The van der Waals surface area contributed by atoms with Gasteiger partial charge in [-0.2, -0.15) is 0 Å². The molecule has 0 spiro atoms. The number of aliphatic imine (C=N–C) groups is 1. The van der Waals surface area contributed by atoms with E-state index in [1.54, 1.807) is 18.2 Å². The molecular weight excluding hydrogens is 208 g/mol. The molecular formula is C11H8N2O3. The molecule has 0 aromatic carbocycles. The lowest BCUT2D eigenvalue weighted by atomic mass is 9.96. The van der Waals surface area contributed by atoms with E-state index in [1.165, 1.54) is 18.5 Å². The van der Waals surface area contributed by atoms with E-state index in [1.807, 2.05) is 0 Å². The number of carboxylic acids is 1. The largest absolute Gasteiger partial charge is 0.480 e. The van der Waals surface area contributed by atoms with E-state index in [9.17, 15) is 9.59 Å². The number of carbonyl (C=O) groups is 2. The molecule has 80 valence electrons. The van der Waals surface area contributed by atoms with Crippen molar-refractivity contribution in [2.75, 3.05) is 0 Å². The Bertz CT molecular complexity index is 491. The fourth-order valence-electron chi connectivity index (χ4n) is 1.39. The number of aromatic nitrogens is 1. The van der Waals surface area contributed by atoms with Gasteiger partial charge < -0.3 is 5.11 Å². The SMILES string of the molecule is O=C(O)C1C=CN=C(c2ccccn2)C1=O. The Labute approximate surface area is 91.2 Å². The normalized spacial score (nSPS) is 19.4. The van der Waals surface area contributed by atoms with Crippen molar-refractivity contribution in [1.82, 2.24) is 4.98 Å². The van der Waals surface area contributed by atoms with Gasteiger partial charge in [-0.1, -0.05) is 6.07 Å². The summed E-state index contributed by atoms with van der Waals surface area (Å²) in [6.45, 7) is 0. The van der Waals surface area contributed by atoms with E-state index in [2.05, 4.69) is 9.98 Å². The summed E-state index contributed by atoms with van der Waals surface area (Å²) in [4.78, 5) is 30.4. The number of aliphatic carboxylic acids is 1. The average Bonchev–Trinajstić information content (AvgIpc) is 2.30. The van der Waals surface area contributed by atoms with Gasteiger partial charge in [-0.3, -0.25) is 19.6 Å². The standard InChI is InChI=1S/C11H8N2O3/c14-10-7(11(15)16)4-6-13-9(10)8-3-1-2-5-12-8/h1-7H,(H,15,16). The number of Topliss-reactive ketones (excluding diaryl/α,β-unsaturated/α-hetero) is 1. The molecule has 0 fully saturated rings. The zero-order valence-electron chi connectivity index (χ0n) is 8.20. The third kappa shape index (κ3) is 1.75. The molecule has 5 nitrogen and oxygen atoms in total. The molecule has 1 N–H and O–H groups in total. The highest BCUT2D eigenvalue weighted by Crippen LogP contribution is 2.12. The average molecular weight is 216 g/mol. The molecule has 1 aliphatic rings. The first kappa shape index (κ1) is 10.2. The van der Waals surface area contributed by atoms with Gasteiger partial charge in [-0.25, -0.2) is 0 Å². The summed E-state index contributed by atoms with van der Waals surface area (Å²) >= 11 is 0. The minimum absolute atomic E-state index is 0.0931. The Kier molecular flexibility index (Phi) is 2.59. The van der Waals surface area contributed by atoms with Crippen LogP contribution < -0.4 is 0 Å². The molecule has 0 aliphatic carbocycles. The van der Waals surface area contributed by atoms with Crippen LogP contribution >= 0.6 is 0 Å². The van der Waals surface area contributed by atoms with Crippen LogP contribution in [0.15, 0.2) is 41.7 Å². The molecule has 1 aromatic rings. The Hall–Kier alpha value is -2.30. The molecule has 0 amide bonds. The number of carboxylic acid groups (broad SMARTS) is 1. The molecule has 0 saturated carbocycles. The van der Waals surface area contributed by atoms with Gasteiger partial charge in [0.2, 0.25) is 5.78 Å². The number of nitrogens with zero attached hydrogens (tertiary/aromatic N) is 2. The van der Waals surface area contributed by atoms with Gasteiger partial charge in [0.15, 0.2) is 0 Å². The molecule has 1 aliphatic heterocycles. The van der Waals surface area contributed by atoms with Crippen LogP contribution in [0, 0.1) is 5.92 Å². The van der Waals surface area contributed by atoms with E-state index in [0.717, 1.165) is 0 Å². The molecule has 0 bridgehead atoms. The maximum absolute atomic E-state index is 11.8. The van der Waals surface area contributed by atoms with Gasteiger partial charge in [0.05, 0.1) is 5.69 Å². The zero-order chi connectivity index (χ0) is 11.5. The van der Waals surface area contributed by atoms with Gasteiger partial charge >= 0.3 is 5.97 Å². The summed E-state index contributed by atoms with van der Waals surface area (Å²) in [5.74, 6) is -2.87. The van der Waals surface area contributed by atoms with Gasteiger partial charge in [-0.15, -0.1) is 0 Å². The van der Waals surface area contributed by atoms with Gasteiger partial charge in [0, 0.05) is 12.4 Å². The highest BCUT2D eigenvalue weighted by atomic mass is 16.4. The number of hydrogen-bond donors (Lipinski definition) is 1. The van der Waals surface area contributed by atoms with Crippen molar-refractivity contribution in [2.45, 2.75) is 0 Å². The Morgan fingerprint density at radius 1 is 1.38 bits per heavy atom. The lowest BCUT2D eigenvalue weighted by molar-refractivity contribution is -0.142. The Morgan fingerprint density at radius 3 is 2.81 bits per heavy atom. The first-order valence-corrected chi connectivity index (χ1v) is 4.63. The summed E-state index contributed by atoms with van der Waals surface area (Å²) < 4.78 is 0. The molecule has 2 heterocycles. The van der Waals surface area contributed by atoms with Crippen LogP contribution in [0.25, 0.3) is 0 Å². The van der Waals surface area contributed by atoms with Gasteiger partial charge in [0.1, 0.15) is 11.6 Å². The van der Waals surface area contributed by atoms with Crippen molar-refractivity contribution >= 4 is 17.5 Å². The van der Waals surface area contributed by atoms with Crippen LogP contribution in [0.3, 0.4) is 0 Å². The van der Waals surface area contributed by atoms with E-state index in [4.69, 9.17) is 5.11 Å². The van der Waals surface area contributed by atoms with E-state index >= 15 is 0 Å². The second-order valence-corrected chi connectivity index (χ2v) is 3.21. The number of rotatable bonds is 2. The van der Waals surface area contributed by atoms with Crippen LogP contribution in [0.4, 0.5) is 0 Å². The van der Waals surface area contributed by atoms with Crippen molar-refractivity contribution in [3.05, 3.63) is 42.4 Å². The third-order valence-electron chi connectivity index (χ3n) is 2.17. The van der Waals surface area contributed by atoms with Crippen LogP contribution in [-0.2, 0) is 9.59 Å². The summed E-state index contributed by atoms with van der Waals surface area (Å²) in [6, 6.07) is 5.04. The fourth-order valence-corrected chi connectivity index (χ4v) is 1.39. The second-order valence-electron chi connectivity index (χ2n) is 3.21. The van der Waals surface area contributed by atoms with Crippen molar-refractivity contribution in [1.29, 1.82) is 0 Å². The molecule has 0 saturated heterocycles. The quantitative estimate of drug-likeness (QED) is 0.737. The molecule has 0 radical (unpaired) electrons.